The summed E-state index contributed by atoms with van der Waals surface area (Å²) in [6.07, 6.45) is 0. The summed E-state index contributed by atoms with van der Waals surface area (Å²) in [5.74, 6) is -0.791. The van der Waals surface area contributed by atoms with Gasteiger partial charge in [0.25, 0.3) is 0 Å². The summed E-state index contributed by atoms with van der Waals surface area (Å²) in [5.41, 5.74) is 6.26. The van der Waals surface area contributed by atoms with Crippen LogP contribution in [0.2, 0.25) is 0 Å². The molecule has 2 aromatic rings. The number of phenols is 1. The Hall–Kier alpha value is -2.44. The summed E-state index contributed by atoms with van der Waals surface area (Å²) in [5, 5.41) is 14.0. The number of nitrogens with zero attached hydrogens (tertiary/aromatic N) is 2. The van der Waals surface area contributed by atoms with E-state index in [1.807, 2.05) is 0 Å². The number of anilines is 1. The Bertz CT molecular complexity index is 635. The zero-order valence-corrected chi connectivity index (χ0v) is 10.2. The fourth-order valence-electron chi connectivity index (χ4n) is 1.94. The molecule has 7 heteroatoms. The number of benzene rings is 1. The second kappa shape index (κ2) is 4.04. The van der Waals surface area contributed by atoms with E-state index >= 15 is 0 Å². The second-order valence-corrected chi connectivity index (χ2v) is 4.19. The van der Waals surface area contributed by atoms with Crippen molar-refractivity contribution < 1.29 is 19.0 Å². The van der Waals surface area contributed by atoms with Gasteiger partial charge in [0.15, 0.2) is 11.5 Å². The third-order valence-electron chi connectivity index (χ3n) is 2.94. The van der Waals surface area contributed by atoms with Crippen molar-refractivity contribution in [1.82, 2.24) is 9.78 Å². The third-order valence-corrected chi connectivity index (χ3v) is 2.94. The van der Waals surface area contributed by atoms with Gasteiger partial charge in [-0.15, -0.1) is 0 Å². The Balaban J connectivity index is 2.19. The van der Waals surface area contributed by atoms with Crippen LogP contribution in [0, 0.1) is 5.82 Å². The minimum Gasteiger partial charge on any atom is -0.504 e. The van der Waals surface area contributed by atoms with Crippen molar-refractivity contribution >= 4 is 5.82 Å². The molecule has 0 amide bonds. The average molecular weight is 265 g/mol. The van der Waals surface area contributed by atoms with E-state index in [2.05, 4.69) is 5.10 Å². The number of rotatable bonds is 1. The van der Waals surface area contributed by atoms with Crippen molar-refractivity contribution in [2.75, 3.05) is 18.9 Å². The number of ether oxygens (including phenoxy) is 2. The van der Waals surface area contributed by atoms with E-state index < -0.39 is 11.6 Å². The predicted octanol–water partition coefficient (Wildman–Crippen LogP) is 1.29. The maximum atomic E-state index is 14.0. The van der Waals surface area contributed by atoms with Crippen molar-refractivity contribution in [2.24, 2.45) is 7.05 Å². The first-order valence-corrected chi connectivity index (χ1v) is 5.69. The molecule has 1 aliphatic rings. The molecule has 3 N–H and O–H groups in total. The van der Waals surface area contributed by atoms with Gasteiger partial charge in [0.1, 0.15) is 19.0 Å². The van der Waals surface area contributed by atoms with E-state index in [0.29, 0.717) is 18.1 Å². The van der Waals surface area contributed by atoms with Gasteiger partial charge >= 0.3 is 0 Å². The van der Waals surface area contributed by atoms with Crippen LogP contribution in [0.25, 0.3) is 11.3 Å². The quantitative estimate of drug-likeness (QED) is 0.811. The molecule has 0 bridgehead atoms. The Labute approximate surface area is 108 Å². The number of aryl methyl sites for hydroxylation is 1. The molecule has 1 aromatic heterocycles. The van der Waals surface area contributed by atoms with Crippen LogP contribution in [-0.4, -0.2) is 28.1 Å². The number of aromatic nitrogens is 2. The van der Waals surface area contributed by atoms with Crippen LogP contribution >= 0.6 is 0 Å². The molecule has 0 fully saturated rings. The lowest BCUT2D eigenvalue weighted by atomic mass is 10.1. The molecule has 6 nitrogen and oxygen atoms in total. The Morgan fingerprint density at radius 3 is 2.79 bits per heavy atom. The van der Waals surface area contributed by atoms with Gasteiger partial charge in [-0.25, -0.2) is 0 Å². The maximum Gasteiger partial charge on any atom is 0.211 e. The highest BCUT2D eigenvalue weighted by atomic mass is 19.1. The number of nitrogens with two attached hydrogens (primary N) is 1. The lowest BCUT2D eigenvalue weighted by Crippen LogP contribution is -2.16. The molecule has 0 saturated carbocycles. The molecule has 0 radical (unpaired) electrons. The van der Waals surface area contributed by atoms with E-state index in [4.69, 9.17) is 15.2 Å². The summed E-state index contributed by atoms with van der Waals surface area (Å²) in [4.78, 5) is 0. The maximum absolute atomic E-state index is 14.0. The zero-order chi connectivity index (χ0) is 13.6. The molecule has 1 aliphatic heterocycles. The lowest BCUT2D eigenvalue weighted by Gasteiger charge is -2.20. The third kappa shape index (κ3) is 1.74. The number of aromatic hydroxyl groups is 1. The van der Waals surface area contributed by atoms with Gasteiger partial charge in [0.05, 0.1) is 11.3 Å². The van der Waals surface area contributed by atoms with Crippen LogP contribution in [0.4, 0.5) is 10.2 Å². The SMILES string of the molecule is Cn1nc(-c2cc3c(c(F)c2O)OCCO3)cc1N. The molecule has 19 heavy (non-hydrogen) atoms. The van der Waals surface area contributed by atoms with E-state index in [1.54, 1.807) is 13.1 Å². The van der Waals surface area contributed by atoms with Gasteiger partial charge in [-0.2, -0.15) is 9.49 Å². The van der Waals surface area contributed by atoms with Crippen LogP contribution in [0.3, 0.4) is 0 Å². The van der Waals surface area contributed by atoms with E-state index in [-0.39, 0.29) is 23.7 Å². The molecule has 2 heterocycles. The minimum atomic E-state index is -0.851. The molecule has 1 aromatic carbocycles. The van der Waals surface area contributed by atoms with Gasteiger partial charge in [-0.05, 0) is 6.07 Å². The molecule has 0 saturated heterocycles. The van der Waals surface area contributed by atoms with Gasteiger partial charge in [0.2, 0.25) is 11.6 Å². The number of halogens is 1. The first kappa shape index (κ1) is 11.6. The lowest BCUT2D eigenvalue weighted by molar-refractivity contribution is 0.163. The molecule has 0 aliphatic carbocycles. The Morgan fingerprint density at radius 2 is 2.11 bits per heavy atom. The number of hydrogen-bond acceptors (Lipinski definition) is 5. The fourth-order valence-corrected chi connectivity index (χ4v) is 1.94. The van der Waals surface area contributed by atoms with Crippen molar-refractivity contribution in [3.63, 3.8) is 0 Å². The summed E-state index contributed by atoms with van der Waals surface area (Å²) < 4.78 is 25.9. The highest BCUT2D eigenvalue weighted by Gasteiger charge is 2.24. The first-order valence-electron chi connectivity index (χ1n) is 5.69. The number of fused-ring (bicyclic) bond motifs is 1. The average Bonchev–Trinajstić information content (AvgIpc) is 2.74. The van der Waals surface area contributed by atoms with Crippen molar-refractivity contribution in [3.05, 3.63) is 17.9 Å². The summed E-state index contributed by atoms with van der Waals surface area (Å²) in [6.45, 7) is 0.584. The summed E-state index contributed by atoms with van der Waals surface area (Å²) in [6, 6.07) is 3.04. The first-order chi connectivity index (χ1) is 9.08. The fraction of sp³-hybridized carbons (Fsp3) is 0.250. The van der Waals surface area contributed by atoms with Crippen LogP contribution in [0.5, 0.6) is 17.2 Å². The van der Waals surface area contributed by atoms with Gasteiger partial charge in [-0.3, -0.25) is 4.68 Å². The minimum absolute atomic E-state index is 0.0728. The van der Waals surface area contributed by atoms with Crippen LogP contribution < -0.4 is 15.2 Å². The predicted molar refractivity (Wildman–Crippen MR) is 65.7 cm³/mol. The second-order valence-electron chi connectivity index (χ2n) is 4.19. The van der Waals surface area contributed by atoms with Crippen molar-refractivity contribution in [3.8, 4) is 28.5 Å². The Kier molecular flexibility index (Phi) is 2.48. The van der Waals surface area contributed by atoms with E-state index in [1.165, 1.54) is 10.7 Å². The Morgan fingerprint density at radius 1 is 1.37 bits per heavy atom. The van der Waals surface area contributed by atoms with Crippen LogP contribution in [-0.2, 0) is 7.05 Å². The highest BCUT2D eigenvalue weighted by Crippen LogP contribution is 2.43. The number of phenolic OH excluding ortho intramolecular Hbond substituents is 1. The normalized spacial score (nSPS) is 13.6. The van der Waals surface area contributed by atoms with E-state index in [9.17, 15) is 9.50 Å². The van der Waals surface area contributed by atoms with Crippen molar-refractivity contribution in [1.29, 1.82) is 0 Å². The smallest absolute Gasteiger partial charge is 0.211 e. The molecule has 0 spiro atoms. The number of nitrogen functional groups attached to an aromatic ring is 1. The highest BCUT2D eigenvalue weighted by molar-refractivity contribution is 5.73. The standard InChI is InChI=1S/C12H12FN3O3/c1-16-9(14)5-7(15-16)6-4-8-12(10(13)11(6)17)19-3-2-18-8/h4-5,17H,2-3,14H2,1H3. The monoisotopic (exact) mass is 265 g/mol. The van der Waals surface area contributed by atoms with Gasteiger partial charge in [-0.1, -0.05) is 0 Å². The number of hydrogen-bond donors (Lipinski definition) is 2. The summed E-state index contributed by atoms with van der Waals surface area (Å²) >= 11 is 0. The molecule has 0 atom stereocenters. The van der Waals surface area contributed by atoms with Gasteiger partial charge in [0, 0.05) is 13.1 Å². The van der Waals surface area contributed by atoms with Gasteiger partial charge < -0.3 is 20.3 Å². The van der Waals surface area contributed by atoms with Crippen LogP contribution in [0.15, 0.2) is 12.1 Å². The molecular formula is C12H12FN3O3. The largest absolute Gasteiger partial charge is 0.504 e. The topological polar surface area (TPSA) is 82.5 Å². The van der Waals surface area contributed by atoms with Crippen molar-refractivity contribution in [2.45, 2.75) is 0 Å². The van der Waals surface area contributed by atoms with E-state index in [0.717, 1.165) is 0 Å². The molecule has 0 unspecified atom stereocenters. The van der Waals surface area contributed by atoms with Crippen LogP contribution in [0.1, 0.15) is 0 Å². The summed E-state index contributed by atoms with van der Waals surface area (Å²) in [7, 11) is 1.66. The molecule has 3 rings (SSSR count). The zero-order valence-electron chi connectivity index (χ0n) is 10.2. The molecule has 100 valence electrons. The molecular weight excluding hydrogens is 253 g/mol.